The van der Waals surface area contributed by atoms with Gasteiger partial charge in [0.15, 0.2) is 11.7 Å². The minimum absolute atomic E-state index is 0.256. The average Bonchev–Trinajstić information content (AvgIpc) is 2.52. The number of nitrogens with zero attached hydrogens (tertiary/aromatic N) is 2. The van der Waals surface area contributed by atoms with Gasteiger partial charge in [0.1, 0.15) is 5.69 Å². The van der Waals surface area contributed by atoms with Gasteiger partial charge in [0.25, 0.3) is 5.69 Å². The number of rotatable bonds is 5. The Hall–Kier alpha value is -3.49. The Kier molecular flexibility index (Phi) is 4.73. The number of anilines is 1. The third-order valence-corrected chi connectivity index (χ3v) is 3.25. The molecule has 0 amide bonds. The zero-order chi connectivity index (χ0) is 17.9. The SMILES string of the molecule is CC(=O)OC(c1ccccc1)c1c([N+](=O)[O-])ccc(N)c1[N+](=O)[O-]. The van der Waals surface area contributed by atoms with Crippen LogP contribution in [0.15, 0.2) is 42.5 Å². The monoisotopic (exact) mass is 331 g/mol. The summed E-state index contributed by atoms with van der Waals surface area (Å²) in [5, 5.41) is 22.7. The number of ether oxygens (including phenoxy) is 1. The molecule has 0 heterocycles. The van der Waals surface area contributed by atoms with Gasteiger partial charge in [-0.05, 0) is 11.6 Å². The minimum atomic E-state index is -1.33. The summed E-state index contributed by atoms with van der Waals surface area (Å²) in [6.45, 7) is 1.11. The summed E-state index contributed by atoms with van der Waals surface area (Å²) >= 11 is 0. The summed E-state index contributed by atoms with van der Waals surface area (Å²) in [5.74, 6) is -0.741. The highest BCUT2D eigenvalue weighted by atomic mass is 16.6. The molecule has 0 saturated heterocycles. The molecule has 9 nitrogen and oxygen atoms in total. The first kappa shape index (κ1) is 16.9. The summed E-state index contributed by atoms with van der Waals surface area (Å²) in [5.41, 5.74) is 4.16. The third kappa shape index (κ3) is 3.29. The Balaban J connectivity index is 2.81. The molecule has 2 aromatic carbocycles. The second-order valence-electron chi connectivity index (χ2n) is 4.85. The highest BCUT2D eigenvalue weighted by Crippen LogP contribution is 2.42. The van der Waals surface area contributed by atoms with E-state index in [-0.39, 0.29) is 11.3 Å². The highest BCUT2D eigenvalue weighted by molar-refractivity contribution is 5.72. The summed E-state index contributed by atoms with van der Waals surface area (Å²) in [4.78, 5) is 32.6. The van der Waals surface area contributed by atoms with Crippen LogP contribution >= 0.6 is 0 Å². The van der Waals surface area contributed by atoms with Crippen molar-refractivity contribution in [2.45, 2.75) is 13.0 Å². The van der Waals surface area contributed by atoms with E-state index >= 15 is 0 Å². The van der Waals surface area contributed by atoms with E-state index in [0.717, 1.165) is 19.1 Å². The molecule has 0 aliphatic rings. The van der Waals surface area contributed by atoms with Gasteiger partial charge in [0.2, 0.25) is 0 Å². The number of nitro groups is 2. The lowest BCUT2D eigenvalue weighted by Crippen LogP contribution is -2.15. The smallest absolute Gasteiger partial charge is 0.306 e. The van der Waals surface area contributed by atoms with Gasteiger partial charge in [0, 0.05) is 13.0 Å². The predicted molar refractivity (Wildman–Crippen MR) is 84.2 cm³/mol. The zero-order valence-corrected chi connectivity index (χ0v) is 12.5. The maximum Gasteiger partial charge on any atom is 0.306 e. The van der Waals surface area contributed by atoms with E-state index in [0.29, 0.717) is 5.56 Å². The van der Waals surface area contributed by atoms with Gasteiger partial charge in [-0.1, -0.05) is 30.3 Å². The molecule has 0 fully saturated rings. The second-order valence-corrected chi connectivity index (χ2v) is 4.85. The van der Waals surface area contributed by atoms with Gasteiger partial charge < -0.3 is 10.5 Å². The van der Waals surface area contributed by atoms with Crippen molar-refractivity contribution in [3.63, 3.8) is 0 Å². The number of nitrogen functional groups attached to an aromatic ring is 1. The highest BCUT2D eigenvalue weighted by Gasteiger charge is 2.36. The van der Waals surface area contributed by atoms with Crippen LogP contribution in [0.25, 0.3) is 0 Å². The van der Waals surface area contributed by atoms with Crippen LogP contribution in [-0.4, -0.2) is 15.8 Å². The molecular weight excluding hydrogens is 318 g/mol. The number of hydrogen-bond donors (Lipinski definition) is 1. The third-order valence-electron chi connectivity index (χ3n) is 3.25. The van der Waals surface area contributed by atoms with Crippen molar-refractivity contribution in [1.29, 1.82) is 0 Å². The molecule has 2 N–H and O–H groups in total. The van der Waals surface area contributed by atoms with Gasteiger partial charge in [-0.3, -0.25) is 25.0 Å². The largest absolute Gasteiger partial charge is 0.452 e. The molecule has 0 spiro atoms. The fourth-order valence-corrected chi connectivity index (χ4v) is 2.32. The number of carbonyl (C=O) groups excluding carboxylic acids is 1. The lowest BCUT2D eigenvalue weighted by molar-refractivity contribution is -0.395. The molecule has 1 unspecified atom stereocenters. The molecule has 0 radical (unpaired) electrons. The molecule has 0 saturated carbocycles. The van der Waals surface area contributed by atoms with Crippen LogP contribution in [0.2, 0.25) is 0 Å². The molecular formula is C15H13N3O6. The Morgan fingerprint density at radius 3 is 2.21 bits per heavy atom. The van der Waals surface area contributed by atoms with Crippen LogP contribution in [-0.2, 0) is 9.53 Å². The number of nitro benzene ring substituents is 2. The van der Waals surface area contributed by atoms with Crippen LogP contribution in [0.5, 0.6) is 0 Å². The van der Waals surface area contributed by atoms with Crippen LogP contribution in [0, 0.1) is 20.2 Å². The lowest BCUT2D eigenvalue weighted by Gasteiger charge is -2.18. The van der Waals surface area contributed by atoms with E-state index in [9.17, 15) is 25.0 Å². The van der Waals surface area contributed by atoms with Crippen molar-refractivity contribution in [3.8, 4) is 0 Å². The molecule has 0 aliphatic carbocycles. The molecule has 0 bridgehead atoms. The van der Waals surface area contributed by atoms with Crippen molar-refractivity contribution < 1.29 is 19.4 Å². The van der Waals surface area contributed by atoms with E-state index in [1.807, 2.05) is 0 Å². The van der Waals surface area contributed by atoms with Gasteiger partial charge in [-0.2, -0.15) is 0 Å². The minimum Gasteiger partial charge on any atom is -0.452 e. The van der Waals surface area contributed by atoms with Crippen LogP contribution in [0.3, 0.4) is 0 Å². The second kappa shape index (κ2) is 6.73. The normalized spacial score (nSPS) is 11.5. The van der Waals surface area contributed by atoms with Crippen molar-refractivity contribution in [2.24, 2.45) is 0 Å². The van der Waals surface area contributed by atoms with Gasteiger partial charge in [-0.25, -0.2) is 0 Å². The lowest BCUT2D eigenvalue weighted by atomic mass is 9.97. The fraction of sp³-hybridized carbons (Fsp3) is 0.133. The average molecular weight is 331 g/mol. The quantitative estimate of drug-likeness (QED) is 0.384. The van der Waals surface area contributed by atoms with Gasteiger partial charge in [0.05, 0.1) is 9.85 Å². The summed E-state index contributed by atoms with van der Waals surface area (Å²) in [6.07, 6.45) is -1.33. The summed E-state index contributed by atoms with van der Waals surface area (Å²) < 4.78 is 5.16. The number of nitrogens with two attached hydrogens (primary N) is 1. The van der Waals surface area contributed by atoms with E-state index in [2.05, 4.69) is 0 Å². The Morgan fingerprint density at radius 1 is 1.08 bits per heavy atom. The molecule has 0 aliphatic heterocycles. The van der Waals surface area contributed by atoms with E-state index < -0.39 is 33.3 Å². The Morgan fingerprint density at radius 2 is 1.71 bits per heavy atom. The summed E-state index contributed by atoms with van der Waals surface area (Å²) in [7, 11) is 0. The van der Waals surface area contributed by atoms with Crippen molar-refractivity contribution in [3.05, 3.63) is 73.8 Å². The van der Waals surface area contributed by atoms with Crippen molar-refractivity contribution >= 4 is 23.0 Å². The van der Waals surface area contributed by atoms with E-state index in [1.165, 1.54) is 0 Å². The molecule has 2 aromatic rings. The van der Waals surface area contributed by atoms with Gasteiger partial charge in [-0.15, -0.1) is 0 Å². The molecule has 9 heteroatoms. The van der Waals surface area contributed by atoms with Crippen LogP contribution in [0.4, 0.5) is 17.1 Å². The van der Waals surface area contributed by atoms with E-state index in [1.54, 1.807) is 30.3 Å². The zero-order valence-electron chi connectivity index (χ0n) is 12.5. The maximum absolute atomic E-state index is 11.5. The van der Waals surface area contributed by atoms with E-state index in [4.69, 9.17) is 10.5 Å². The molecule has 24 heavy (non-hydrogen) atoms. The topological polar surface area (TPSA) is 139 Å². The number of hydrogen-bond acceptors (Lipinski definition) is 7. The number of carbonyl (C=O) groups is 1. The fourth-order valence-electron chi connectivity index (χ4n) is 2.32. The standard InChI is InChI=1S/C15H13N3O6/c1-9(19)24-15(10-5-3-2-4-6-10)13-12(17(20)21)8-7-11(16)14(13)18(22)23/h2-8,15H,16H2,1H3. The van der Waals surface area contributed by atoms with Crippen molar-refractivity contribution in [1.82, 2.24) is 0 Å². The van der Waals surface area contributed by atoms with Crippen LogP contribution in [0.1, 0.15) is 24.2 Å². The Labute approximate surface area is 136 Å². The number of esters is 1. The first-order valence-electron chi connectivity index (χ1n) is 6.76. The van der Waals surface area contributed by atoms with Crippen molar-refractivity contribution in [2.75, 3.05) is 5.73 Å². The maximum atomic E-state index is 11.5. The molecule has 124 valence electrons. The first-order chi connectivity index (χ1) is 11.3. The Bertz CT molecular complexity index is 806. The molecule has 0 aromatic heterocycles. The number of benzene rings is 2. The first-order valence-corrected chi connectivity index (χ1v) is 6.76. The molecule has 2 rings (SSSR count). The summed E-state index contributed by atoms with van der Waals surface area (Å²) in [6, 6.07) is 10.2. The predicted octanol–water partition coefficient (Wildman–Crippen LogP) is 2.74. The van der Waals surface area contributed by atoms with Gasteiger partial charge >= 0.3 is 11.7 Å². The molecule has 1 atom stereocenters. The van der Waals surface area contributed by atoms with Crippen LogP contribution < -0.4 is 5.73 Å².